The molecule has 0 spiro atoms. The summed E-state index contributed by atoms with van der Waals surface area (Å²) >= 11 is 0. The second-order valence-electron chi connectivity index (χ2n) is 2.32. The fourth-order valence-corrected chi connectivity index (χ4v) is 0.884. The van der Waals surface area contributed by atoms with Crippen molar-refractivity contribution in [2.75, 3.05) is 7.11 Å². The van der Waals surface area contributed by atoms with Crippen molar-refractivity contribution < 1.29 is 4.74 Å². The lowest BCUT2D eigenvalue weighted by atomic mass is 10.1. The van der Waals surface area contributed by atoms with E-state index in [1.54, 1.807) is 7.11 Å². The molecule has 0 fully saturated rings. The van der Waals surface area contributed by atoms with Crippen LogP contribution in [-0.2, 0) is 11.3 Å². The Hall–Kier alpha value is -0.820. The van der Waals surface area contributed by atoms with Gasteiger partial charge in [0.05, 0.1) is 6.61 Å². The molecule has 10 heavy (non-hydrogen) atoms. The molecule has 1 nitrogen and oxygen atoms in total. The van der Waals surface area contributed by atoms with Gasteiger partial charge in [-0.15, -0.1) is 0 Å². The van der Waals surface area contributed by atoms with Gasteiger partial charge in [-0.1, -0.05) is 23.8 Å². The van der Waals surface area contributed by atoms with Crippen molar-refractivity contribution in [2.24, 2.45) is 0 Å². The molecule has 0 unspecified atom stereocenters. The maximum Gasteiger partial charge on any atom is 0.0719 e. The van der Waals surface area contributed by atoms with Crippen LogP contribution < -0.4 is 0 Å². The predicted octanol–water partition coefficient (Wildman–Crippen LogP) is 1.94. The highest BCUT2D eigenvalue weighted by Gasteiger charge is 1.89. The van der Waals surface area contributed by atoms with E-state index in [9.17, 15) is 0 Å². The highest BCUT2D eigenvalue weighted by atomic mass is 16.5. The molecule has 0 aromatic heterocycles. The van der Waals surface area contributed by atoms with E-state index in [4.69, 9.17) is 4.74 Å². The molecule has 53 valence electrons. The number of aryl methyl sites for hydroxylation is 1. The van der Waals surface area contributed by atoms with Gasteiger partial charge in [-0.25, -0.2) is 0 Å². The Morgan fingerprint density at radius 1 is 1.60 bits per heavy atom. The molecular formula is C9H11O. The zero-order chi connectivity index (χ0) is 7.40. The van der Waals surface area contributed by atoms with Crippen molar-refractivity contribution >= 4 is 0 Å². The maximum atomic E-state index is 4.95. The number of hydrogen-bond acceptors (Lipinski definition) is 1. The van der Waals surface area contributed by atoms with Crippen LogP contribution >= 0.6 is 0 Å². The standard InChI is InChI=1S/C9H11O/c1-8-4-3-5-9(6-8)7-10-2/h3-4,6H,7H2,1-2H3. The topological polar surface area (TPSA) is 9.23 Å². The Morgan fingerprint density at radius 3 is 3.00 bits per heavy atom. The van der Waals surface area contributed by atoms with Crippen molar-refractivity contribution in [3.63, 3.8) is 0 Å². The highest BCUT2D eigenvalue weighted by Crippen LogP contribution is 2.03. The van der Waals surface area contributed by atoms with Crippen LogP contribution in [0, 0.1) is 13.0 Å². The first-order valence-corrected chi connectivity index (χ1v) is 3.29. The second kappa shape index (κ2) is 3.37. The highest BCUT2D eigenvalue weighted by molar-refractivity contribution is 5.20. The number of methoxy groups -OCH3 is 1. The van der Waals surface area contributed by atoms with E-state index >= 15 is 0 Å². The van der Waals surface area contributed by atoms with Crippen molar-refractivity contribution in [3.8, 4) is 0 Å². The molecule has 0 aliphatic rings. The quantitative estimate of drug-likeness (QED) is 0.602. The van der Waals surface area contributed by atoms with Gasteiger partial charge in [-0.3, -0.25) is 0 Å². The number of hydrogen-bond donors (Lipinski definition) is 0. The van der Waals surface area contributed by atoms with Crippen LogP contribution in [0.15, 0.2) is 18.2 Å². The summed E-state index contributed by atoms with van der Waals surface area (Å²) in [5, 5.41) is 0. The maximum absolute atomic E-state index is 4.95. The Morgan fingerprint density at radius 2 is 2.40 bits per heavy atom. The number of ether oxygens (including phenoxy) is 1. The van der Waals surface area contributed by atoms with Gasteiger partial charge >= 0.3 is 0 Å². The molecule has 0 N–H and O–H groups in total. The molecule has 1 aromatic carbocycles. The van der Waals surface area contributed by atoms with Gasteiger partial charge in [0.1, 0.15) is 0 Å². The van der Waals surface area contributed by atoms with Crippen LogP contribution in [0.1, 0.15) is 11.1 Å². The lowest BCUT2D eigenvalue weighted by Gasteiger charge is -1.98. The summed E-state index contributed by atoms with van der Waals surface area (Å²) < 4.78 is 4.95. The third-order valence-corrected chi connectivity index (χ3v) is 1.32. The minimum Gasteiger partial charge on any atom is -0.380 e. The second-order valence-corrected chi connectivity index (χ2v) is 2.32. The first kappa shape index (κ1) is 7.29. The van der Waals surface area contributed by atoms with Gasteiger partial charge in [-0.2, -0.15) is 0 Å². The van der Waals surface area contributed by atoms with E-state index in [1.807, 2.05) is 12.1 Å². The third-order valence-electron chi connectivity index (χ3n) is 1.32. The normalized spacial score (nSPS) is 9.80. The molecule has 1 rings (SSSR count). The van der Waals surface area contributed by atoms with Gasteiger partial charge in [0.2, 0.25) is 0 Å². The van der Waals surface area contributed by atoms with Crippen molar-refractivity contribution in [1.29, 1.82) is 0 Å². The van der Waals surface area contributed by atoms with Crippen LogP contribution in [0.25, 0.3) is 0 Å². The minimum atomic E-state index is 0.654. The summed E-state index contributed by atoms with van der Waals surface area (Å²) in [6.45, 7) is 2.72. The van der Waals surface area contributed by atoms with Gasteiger partial charge in [-0.05, 0) is 18.6 Å². The van der Waals surface area contributed by atoms with E-state index in [0.29, 0.717) is 6.61 Å². The molecule has 1 heteroatoms. The number of rotatable bonds is 2. The van der Waals surface area contributed by atoms with Crippen molar-refractivity contribution in [1.82, 2.24) is 0 Å². The monoisotopic (exact) mass is 135 g/mol. The van der Waals surface area contributed by atoms with E-state index in [-0.39, 0.29) is 0 Å². The Bertz CT molecular complexity index is 206. The van der Waals surface area contributed by atoms with Crippen LogP contribution in [0.5, 0.6) is 0 Å². The van der Waals surface area contributed by atoms with E-state index in [2.05, 4.69) is 19.1 Å². The van der Waals surface area contributed by atoms with Crippen LogP contribution in [-0.4, -0.2) is 7.11 Å². The minimum absolute atomic E-state index is 0.654. The van der Waals surface area contributed by atoms with Crippen LogP contribution in [0.2, 0.25) is 0 Å². The lowest BCUT2D eigenvalue weighted by Crippen LogP contribution is -1.87. The van der Waals surface area contributed by atoms with Crippen molar-refractivity contribution in [2.45, 2.75) is 13.5 Å². The van der Waals surface area contributed by atoms with Crippen LogP contribution in [0.4, 0.5) is 0 Å². The van der Waals surface area contributed by atoms with E-state index < -0.39 is 0 Å². The van der Waals surface area contributed by atoms with E-state index in [1.165, 1.54) is 5.56 Å². The van der Waals surface area contributed by atoms with E-state index in [0.717, 1.165) is 5.56 Å². The fraction of sp³-hybridized carbons (Fsp3) is 0.333. The Kier molecular flexibility index (Phi) is 2.46. The molecule has 0 bridgehead atoms. The van der Waals surface area contributed by atoms with Gasteiger partial charge in [0.15, 0.2) is 0 Å². The average Bonchev–Trinajstić information content (AvgIpc) is 1.88. The SMILES string of the molecule is COCc1[c]ccc(C)c1. The lowest BCUT2D eigenvalue weighted by molar-refractivity contribution is 0.184. The molecule has 1 radical (unpaired) electrons. The smallest absolute Gasteiger partial charge is 0.0719 e. The first-order chi connectivity index (χ1) is 4.83. The first-order valence-electron chi connectivity index (χ1n) is 3.29. The summed E-state index contributed by atoms with van der Waals surface area (Å²) in [5.41, 5.74) is 2.37. The average molecular weight is 135 g/mol. The molecule has 0 amide bonds. The molecular weight excluding hydrogens is 124 g/mol. The third kappa shape index (κ3) is 1.85. The van der Waals surface area contributed by atoms with Gasteiger partial charge in [0, 0.05) is 7.11 Å². The molecule has 0 saturated heterocycles. The molecule has 0 aliphatic carbocycles. The molecule has 0 saturated carbocycles. The zero-order valence-electron chi connectivity index (χ0n) is 6.35. The van der Waals surface area contributed by atoms with Gasteiger partial charge < -0.3 is 4.74 Å². The zero-order valence-corrected chi connectivity index (χ0v) is 6.35. The molecule has 0 atom stereocenters. The Balaban J connectivity index is 2.75. The Labute approximate surface area is 61.6 Å². The summed E-state index contributed by atoms with van der Waals surface area (Å²) in [5.74, 6) is 0. The summed E-state index contributed by atoms with van der Waals surface area (Å²) in [4.78, 5) is 0. The van der Waals surface area contributed by atoms with Crippen LogP contribution in [0.3, 0.4) is 0 Å². The summed E-state index contributed by atoms with van der Waals surface area (Å²) in [6, 6.07) is 9.11. The van der Waals surface area contributed by atoms with Crippen molar-refractivity contribution in [3.05, 3.63) is 35.4 Å². The van der Waals surface area contributed by atoms with Gasteiger partial charge in [0.25, 0.3) is 0 Å². The molecule has 0 heterocycles. The molecule has 0 aliphatic heterocycles. The number of benzene rings is 1. The molecule has 1 aromatic rings. The summed E-state index contributed by atoms with van der Waals surface area (Å²) in [7, 11) is 1.69. The summed E-state index contributed by atoms with van der Waals surface area (Å²) in [6.07, 6.45) is 0. The fourth-order valence-electron chi connectivity index (χ4n) is 0.884. The largest absolute Gasteiger partial charge is 0.380 e. The predicted molar refractivity (Wildman–Crippen MR) is 40.7 cm³/mol.